The summed E-state index contributed by atoms with van der Waals surface area (Å²) in [6.45, 7) is 0. The van der Waals surface area contributed by atoms with Gasteiger partial charge in [-0.05, 0) is 40.4 Å². The van der Waals surface area contributed by atoms with E-state index in [0.717, 1.165) is 27.0 Å². The van der Waals surface area contributed by atoms with E-state index in [-0.39, 0.29) is 5.91 Å². The average Bonchev–Trinajstić information content (AvgIpc) is 3.36. The minimum atomic E-state index is -0.143. The van der Waals surface area contributed by atoms with Gasteiger partial charge in [-0.3, -0.25) is 9.20 Å². The fraction of sp³-hybridized carbons (Fsp3) is 0. The Morgan fingerprint density at radius 3 is 2.67 bits per heavy atom. The Morgan fingerprint density at radius 1 is 0.926 bits per heavy atom. The second-order valence-corrected chi connectivity index (χ2v) is 7.14. The van der Waals surface area contributed by atoms with Gasteiger partial charge in [0.05, 0.1) is 4.88 Å². The lowest BCUT2D eigenvalue weighted by Gasteiger charge is -2.09. The zero-order chi connectivity index (χ0) is 18.2. The number of carbonyl (C=O) groups is 1. The molecule has 0 spiro atoms. The molecule has 0 aliphatic heterocycles. The summed E-state index contributed by atoms with van der Waals surface area (Å²) < 4.78 is 1.91. The van der Waals surface area contributed by atoms with E-state index in [0.29, 0.717) is 11.4 Å². The van der Waals surface area contributed by atoms with Gasteiger partial charge >= 0.3 is 0 Å². The minimum Gasteiger partial charge on any atom is -0.306 e. The minimum absolute atomic E-state index is 0.143. The molecule has 1 amide bonds. The Balaban J connectivity index is 1.64. The van der Waals surface area contributed by atoms with E-state index >= 15 is 0 Å². The van der Waals surface area contributed by atoms with Gasteiger partial charge in [0.2, 0.25) is 0 Å². The van der Waals surface area contributed by atoms with Crippen molar-refractivity contribution in [1.29, 1.82) is 0 Å². The van der Waals surface area contributed by atoms with E-state index in [1.807, 2.05) is 88.8 Å². The number of anilines is 1. The molecule has 1 N–H and O–H groups in total. The number of carbonyl (C=O) groups excluding carboxylic acids is 1. The second-order valence-electron chi connectivity index (χ2n) is 6.20. The van der Waals surface area contributed by atoms with Crippen molar-refractivity contribution in [3.63, 3.8) is 0 Å². The molecular weight excluding hydrogens is 354 g/mol. The van der Waals surface area contributed by atoms with Crippen LogP contribution in [0.5, 0.6) is 0 Å². The molecule has 0 saturated carbocycles. The Morgan fingerprint density at radius 2 is 1.78 bits per heavy atom. The van der Waals surface area contributed by atoms with Crippen LogP contribution in [0.15, 0.2) is 84.4 Å². The molecule has 0 atom stereocenters. The van der Waals surface area contributed by atoms with Gasteiger partial charge in [0.1, 0.15) is 17.2 Å². The van der Waals surface area contributed by atoms with Crippen molar-refractivity contribution >= 4 is 39.5 Å². The molecule has 0 saturated heterocycles. The Hall–Kier alpha value is -3.44. The third-order valence-corrected chi connectivity index (χ3v) is 5.43. The van der Waals surface area contributed by atoms with Crippen molar-refractivity contribution in [3.05, 3.63) is 89.9 Å². The standard InChI is InChI=1S/C22H15N3OS/c26-22(17-10-5-8-15-7-1-2-9-16(15)17)24-21-20(18-11-6-14-27-18)23-19-12-3-4-13-25(19)21/h1-14H,(H,24,26). The number of benzene rings is 2. The quantitative estimate of drug-likeness (QED) is 0.458. The smallest absolute Gasteiger partial charge is 0.257 e. The summed E-state index contributed by atoms with van der Waals surface area (Å²) in [5, 5.41) is 7.09. The number of pyridine rings is 1. The SMILES string of the molecule is O=C(Nc1c(-c2cccs2)nc2ccccn12)c1cccc2ccccc12. The highest BCUT2D eigenvalue weighted by Crippen LogP contribution is 2.32. The first-order valence-corrected chi connectivity index (χ1v) is 9.49. The van der Waals surface area contributed by atoms with Gasteiger partial charge in [0.25, 0.3) is 5.91 Å². The number of hydrogen-bond acceptors (Lipinski definition) is 3. The van der Waals surface area contributed by atoms with Gasteiger partial charge in [-0.2, -0.15) is 0 Å². The number of nitrogens with one attached hydrogen (secondary N) is 1. The Kier molecular flexibility index (Phi) is 3.73. The zero-order valence-electron chi connectivity index (χ0n) is 14.3. The van der Waals surface area contributed by atoms with E-state index in [1.165, 1.54) is 0 Å². The first-order chi connectivity index (χ1) is 13.3. The molecule has 4 nitrogen and oxygen atoms in total. The molecule has 2 aromatic carbocycles. The lowest BCUT2D eigenvalue weighted by molar-refractivity contribution is 0.102. The number of nitrogens with zero attached hydrogens (tertiary/aromatic N) is 2. The van der Waals surface area contributed by atoms with Crippen LogP contribution in [-0.2, 0) is 0 Å². The van der Waals surface area contributed by atoms with Crippen LogP contribution >= 0.6 is 11.3 Å². The molecule has 5 heteroatoms. The van der Waals surface area contributed by atoms with E-state index in [4.69, 9.17) is 4.98 Å². The number of amides is 1. The molecular formula is C22H15N3OS. The Labute approximate surface area is 159 Å². The zero-order valence-corrected chi connectivity index (χ0v) is 15.1. The maximum atomic E-state index is 13.1. The normalized spacial score (nSPS) is 11.1. The molecule has 0 radical (unpaired) electrons. The van der Waals surface area contributed by atoms with E-state index < -0.39 is 0 Å². The summed E-state index contributed by atoms with van der Waals surface area (Å²) in [5.74, 6) is 0.543. The fourth-order valence-electron chi connectivity index (χ4n) is 3.30. The monoisotopic (exact) mass is 369 g/mol. The predicted molar refractivity (Wildman–Crippen MR) is 110 cm³/mol. The number of imidazole rings is 1. The van der Waals surface area contributed by atoms with Gasteiger partial charge < -0.3 is 5.32 Å². The molecule has 0 aliphatic rings. The summed E-state index contributed by atoms with van der Waals surface area (Å²) in [6, 6.07) is 23.5. The summed E-state index contributed by atoms with van der Waals surface area (Å²) in [7, 11) is 0. The average molecular weight is 369 g/mol. The lowest BCUT2D eigenvalue weighted by Crippen LogP contribution is -2.14. The van der Waals surface area contributed by atoms with Gasteiger partial charge in [-0.15, -0.1) is 11.3 Å². The van der Waals surface area contributed by atoms with Crippen LogP contribution < -0.4 is 5.32 Å². The second kappa shape index (κ2) is 6.37. The lowest BCUT2D eigenvalue weighted by atomic mass is 10.0. The summed E-state index contributed by atoms with van der Waals surface area (Å²) in [4.78, 5) is 18.9. The number of rotatable bonds is 3. The Bertz CT molecular complexity index is 1270. The fourth-order valence-corrected chi connectivity index (χ4v) is 4.01. The van der Waals surface area contributed by atoms with Gasteiger partial charge in [-0.25, -0.2) is 4.98 Å². The first-order valence-electron chi connectivity index (χ1n) is 8.61. The molecule has 130 valence electrons. The largest absolute Gasteiger partial charge is 0.306 e. The molecule has 5 rings (SSSR count). The molecule has 0 bridgehead atoms. The van der Waals surface area contributed by atoms with Crippen LogP contribution in [0.3, 0.4) is 0 Å². The van der Waals surface area contributed by atoms with Crippen LogP contribution in [-0.4, -0.2) is 15.3 Å². The molecule has 5 aromatic rings. The highest BCUT2D eigenvalue weighted by molar-refractivity contribution is 7.13. The highest BCUT2D eigenvalue weighted by atomic mass is 32.1. The maximum Gasteiger partial charge on any atom is 0.257 e. The number of fused-ring (bicyclic) bond motifs is 2. The van der Waals surface area contributed by atoms with Crippen LogP contribution in [0.1, 0.15) is 10.4 Å². The number of hydrogen-bond donors (Lipinski definition) is 1. The molecule has 0 aliphatic carbocycles. The van der Waals surface area contributed by atoms with Gasteiger partial charge in [0.15, 0.2) is 0 Å². The van der Waals surface area contributed by atoms with E-state index in [1.54, 1.807) is 11.3 Å². The molecule has 3 aromatic heterocycles. The molecule has 0 fully saturated rings. The van der Waals surface area contributed by atoms with Crippen molar-refractivity contribution in [3.8, 4) is 10.6 Å². The van der Waals surface area contributed by atoms with Crippen LogP contribution in [0, 0.1) is 0 Å². The third kappa shape index (κ3) is 2.69. The van der Waals surface area contributed by atoms with Crippen molar-refractivity contribution < 1.29 is 4.79 Å². The maximum absolute atomic E-state index is 13.1. The number of aromatic nitrogens is 2. The van der Waals surface area contributed by atoms with E-state index in [2.05, 4.69) is 5.32 Å². The molecule has 0 unspecified atom stereocenters. The summed E-state index contributed by atoms with van der Waals surface area (Å²) in [5.41, 5.74) is 2.23. The van der Waals surface area contributed by atoms with Crippen molar-refractivity contribution in [2.75, 3.05) is 5.32 Å². The molecule has 27 heavy (non-hydrogen) atoms. The van der Waals surface area contributed by atoms with Gasteiger partial charge in [0, 0.05) is 11.8 Å². The summed E-state index contributed by atoms with van der Waals surface area (Å²) in [6.07, 6.45) is 1.91. The first kappa shape index (κ1) is 15.8. The third-order valence-electron chi connectivity index (χ3n) is 4.55. The van der Waals surface area contributed by atoms with Gasteiger partial charge in [-0.1, -0.05) is 48.5 Å². The van der Waals surface area contributed by atoms with Crippen LogP contribution in [0.4, 0.5) is 5.82 Å². The van der Waals surface area contributed by atoms with Crippen LogP contribution in [0.2, 0.25) is 0 Å². The highest BCUT2D eigenvalue weighted by Gasteiger charge is 2.18. The van der Waals surface area contributed by atoms with Crippen molar-refractivity contribution in [1.82, 2.24) is 9.38 Å². The van der Waals surface area contributed by atoms with E-state index in [9.17, 15) is 4.79 Å². The van der Waals surface area contributed by atoms with Crippen molar-refractivity contribution in [2.45, 2.75) is 0 Å². The predicted octanol–water partition coefficient (Wildman–Crippen LogP) is 5.47. The summed E-state index contributed by atoms with van der Waals surface area (Å²) >= 11 is 1.60. The van der Waals surface area contributed by atoms with Crippen LogP contribution in [0.25, 0.3) is 27.0 Å². The molecule has 3 heterocycles. The van der Waals surface area contributed by atoms with Crippen molar-refractivity contribution in [2.24, 2.45) is 0 Å². The topological polar surface area (TPSA) is 46.4 Å². The number of thiophene rings is 1.